The summed E-state index contributed by atoms with van der Waals surface area (Å²) in [5.41, 5.74) is 4.13. The predicted octanol–water partition coefficient (Wildman–Crippen LogP) is 5.85. The van der Waals surface area contributed by atoms with Gasteiger partial charge in [0.15, 0.2) is 11.5 Å². The minimum absolute atomic E-state index is 0.101. The Morgan fingerprint density at radius 3 is 2.48 bits per heavy atom. The number of ether oxygens (including phenoxy) is 3. The van der Waals surface area contributed by atoms with Crippen LogP contribution in [-0.4, -0.2) is 31.4 Å². The number of halogens is 1. The number of aliphatic carboxylic acids is 1. The van der Waals surface area contributed by atoms with E-state index in [0.29, 0.717) is 31.1 Å². The molecule has 6 heteroatoms. The molecule has 1 atom stereocenters. The van der Waals surface area contributed by atoms with Crippen molar-refractivity contribution in [2.75, 3.05) is 20.3 Å². The number of rotatable bonds is 10. The zero-order valence-corrected chi connectivity index (χ0v) is 18.6. The Morgan fingerprint density at radius 1 is 0.970 bits per heavy atom. The van der Waals surface area contributed by atoms with Gasteiger partial charge in [0.1, 0.15) is 11.6 Å². The van der Waals surface area contributed by atoms with Crippen molar-refractivity contribution < 1.29 is 28.5 Å². The first-order valence-electron chi connectivity index (χ1n) is 11.1. The van der Waals surface area contributed by atoms with Gasteiger partial charge in [0.2, 0.25) is 0 Å². The standard InChI is InChI=1S/C27H27FO5/c1-31-26-16-19(18-5-8-22(28)9-6-18)7-12-25(26)33-14-2-13-32-23-10-11-24-20(15-23)3-4-21(24)17-27(29)30/h5-12,15-16,21H,2-4,13-14,17H2,1H3,(H,29,30)/t21-/m0/s1. The third-order valence-electron chi connectivity index (χ3n) is 5.89. The topological polar surface area (TPSA) is 65.0 Å². The van der Waals surface area contributed by atoms with Crippen LogP contribution in [0.15, 0.2) is 60.7 Å². The second kappa shape index (κ2) is 10.4. The van der Waals surface area contributed by atoms with E-state index in [1.165, 1.54) is 17.7 Å². The third kappa shape index (κ3) is 5.64. The molecular formula is C27H27FO5. The van der Waals surface area contributed by atoms with Crippen LogP contribution in [0.25, 0.3) is 11.1 Å². The molecule has 1 N–H and O–H groups in total. The molecule has 0 unspecified atom stereocenters. The van der Waals surface area contributed by atoms with E-state index in [1.54, 1.807) is 19.2 Å². The fourth-order valence-corrected chi connectivity index (χ4v) is 4.23. The quantitative estimate of drug-likeness (QED) is 0.392. The number of carboxylic acids is 1. The lowest BCUT2D eigenvalue weighted by Crippen LogP contribution is -2.06. The largest absolute Gasteiger partial charge is 0.493 e. The average Bonchev–Trinajstić information content (AvgIpc) is 3.20. The van der Waals surface area contributed by atoms with Gasteiger partial charge in [0.25, 0.3) is 0 Å². The molecular weight excluding hydrogens is 423 g/mol. The lowest BCUT2D eigenvalue weighted by Gasteiger charge is -2.13. The van der Waals surface area contributed by atoms with Crippen LogP contribution in [0.1, 0.15) is 36.3 Å². The lowest BCUT2D eigenvalue weighted by atomic mass is 9.98. The number of hydrogen-bond donors (Lipinski definition) is 1. The normalized spacial score (nSPS) is 14.5. The fourth-order valence-electron chi connectivity index (χ4n) is 4.23. The highest BCUT2D eigenvalue weighted by atomic mass is 19.1. The first-order chi connectivity index (χ1) is 16.0. The minimum Gasteiger partial charge on any atom is -0.493 e. The van der Waals surface area contributed by atoms with Gasteiger partial charge in [0, 0.05) is 6.42 Å². The molecule has 3 aromatic rings. The minimum atomic E-state index is -0.755. The number of fused-ring (bicyclic) bond motifs is 1. The second-order valence-electron chi connectivity index (χ2n) is 8.12. The molecule has 0 bridgehead atoms. The summed E-state index contributed by atoms with van der Waals surface area (Å²) in [5.74, 6) is 1.14. The van der Waals surface area contributed by atoms with Crippen LogP contribution in [0.5, 0.6) is 17.2 Å². The van der Waals surface area contributed by atoms with Gasteiger partial charge >= 0.3 is 5.97 Å². The number of carboxylic acid groups (broad SMARTS) is 1. The van der Waals surface area contributed by atoms with Crippen LogP contribution in [-0.2, 0) is 11.2 Å². The van der Waals surface area contributed by atoms with Crippen molar-refractivity contribution in [2.24, 2.45) is 0 Å². The molecule has 3 aromatic carbocycles. The molecule has 0 saturated carbocycles. The Kier molecular flexibility index (Phi) is 7.13. The second-order valence-corrected chi connectivity index (χ2v) is 8.12. The van der Waals surface area contributed by atoms with Crippen LogP contribution < -0.4 is 14.2 Å². The Balaban J connectivity index is 1.27. The van der Waals surface area contributed by atoms with Crippen LogP contribution in [0.2, 0.25) is 0 Å². The Hall–Kier alpha value is -3.54. The van der Waals surface area contributed by atoms with Crippen molar-refractivity contribution in [3.8, 4) is 28.4 Å². The van der Waals surface area contributed by atoms with E-state index in [-0.39, 0.29) is 18.2 Å². The van der Waals surface area contributed by atoms with Crippen molar-refractivity contribution in [1.29, 1.82) is 0 Å². The van der Waals surface area contributed by atoms with Crippen molar-refractivity contribution in [3.05, 3.63) is 77.6 Å². The van der Waals surface area contributed by atoms with Crippen molar-refractivity contribution in [1.82, 2.24) is 0 Å². The third-order valence-corrected chi connectivity index (χ3v) is 5.89. The number of methoxy groups -OCH3 is 1. The van der Waals surface area contributed by atoms with E-state index in [9.17, 15) is 9.18 Å². The van der Waals surface area contributed by atoms with Gasteiger partial charge < -0.3 is 19.3 Å². The number of hydrogen-bond acceptors (Lipinski definition) is 4. The molecule has 1 aliphatic rings. The molecule has 172 valence electrons. The Labute approximate surface area is 192 Å². The summed E-state index contributed by atoms with van der Waals surface area (Å²) in [6.45, 7) is 0.977. The lowest BCUT2D eigenvalue weighted by molar-refractivity contribution is -0.137. The van der Waals surface area contributed by atoms with E-state index in [4.69, 9.17) is 19.3 Å². The van der Waals surface area contributed by atoms with Gasteiger partial charge in [-0.25, -0.2) is 4.39 Å². The van der Waals surface area contributed by atoms with Crippen molar-refractivity contribution in [3.63, 3.8) is 0 Å². The van der Waals surface area contributed by atoms with Crippen LogP contribution in [0, 0.1) is 5.82 Å². The van der Waals surface area contributed by atoms with E-state index in [0.717, 1.165) is 35.3 Å². The molecule has 0 spiro atoms. The molecule has 33 heavy (non-hydrogen) atoms. The molecule has 0 radical (unpaired) electrons. The predicted molar refractivity (Wildman–Crippen MR) is 124 cm³/mol. The molecule has 0 fully saturated rings. The first-order valence-corrected chi connectivity index (χ1v) is 11.1. The first kappa shape index (κ1) is 22.6. The highest BCUT2D eigenvalue weighted by molar-refractivity contribution is 5.68. The summed E-state index contributed by atoms with van der Waals surface area (Å²) < 4.78 is 30.4. The summed E-state index contributed by atoms with van der Waals surface area (Å²) in [6, 6.07) is 17.9. The molecule has 0 heterocycles. The summed E-state index contributed by atoms with van der Waals surface area (Å²) in [7, 11) is 1.59. The van der Waals surface area contributed by atoms with E-state index in [2.05, 4.69) is 0 Å². The summed E-state index contributed by atoms with van der Waals surface area (Å²) in [6.07, 6.45) is 2.64. The maximum atomic E-state index is 13.2. The Morgan fingerprint density at radius 2 is 1.73 bits per heavy atom. The SMILES string of the molecule is COc1cc(-c2ccc(F)cc2)ccc1OCCCOc1ccc2c(c1)CC[C@H]2CC(=O)O. The highest BCUT2D eigenvalue weighted by Gasteiger charge is 2.24. The van der Waals surface area contributed by atoms with Crippen LogP contribution in [0.4, 0.5) is 4.39 Å². The molecule has 0 amide bonds. The molecule has 1 aliphatic carbocycles. The van der Waals surface area contributed by atoms with Crippen molar-refractivity contribution >= 4 is 5.97 Å². The van der Waals surface area contributed by atoms with Gasteiger partial charge in [-0.2, -0.15) is 0 Å². The zero-order valence-electron chi connectivity index (χ0n) is 18.6. The smallest absolute Gasteiger partial charge is 0.303 e. The monoisotopic (exact) mass is 450 g/mol. The van der Waals surface area contributed by atoms with Gasteiger partial charge in [-0.15, -0.1) is 0 Å². The van der Waals surface area contributed by atoms with E-state index in [1.807, 2.05) is 36.4 Å². The number of carbonyl (C=O) groups is 1. The molecule has 0 aliphatic heterocycles. The number of benzene rings is 3. The Bertz CT molecular complexity index is 1110. The molecule has 0 saturated heterocycles. The maximum absolute atomic E-state index is 13.2. The van der Waals surface area contributed by atoms with Crippen LogP contribution >= 0.6 is 0 Å². The zero-order chi connectivity index (χ0) is 23.2. The highest BCUT2D eigenvalue weighted by Crippen LogP contribution is 2.37. The average molecular weight is 451 g/mol. The summed E-state index contributed by atoms with van der Waals surface area (Å²) in [5, 5.41) is 9.05. The van der Waals surface area contributed by atoms with Crippen LogP contribution in [0.3, 0.4) is 0 Å². The van der Waals surface area contributed by atoms with E-state index < -0.39 is 5.97 Å². The van der Waals surface area contributed by atoms with E-state index >= 15 is 0 Å². The maximum Gasteiger partial charge on any atom is 0.303 e. The molecule has 0 aromatic heterocycles. The summed E-state index contributed by atoms with van der Waals surface area (Å²) in [4.78, 5) is 11.0. The van der Waals surface area contributed by atoms with Gasteiger partial charge in [0.05, 0.1) is 26.7 Å². The molecule has 5 nitrogen and oxygen atoms in total. The van der Waals surface area contributed by atoms with Gasteiger partial charge in [-0.05, 0) is 77.4 Å². The van der Waals surface area contributed by atoms with Gasteiger partial charge in [-0.3, -0.25) is 4.79 Å². The summed E-state index contributed by atoms with van der Waals surface area (Å²) >= 11 is 0. The fraction of sp³-hybridized carbons (Fsp3) is 0.296. The number of aryl methyl sites for hydroxylation is 1. The van der Waals surface area contributed by atoms with Crippen molar-refractivity contribution in [2.45, 2.75) is 31.6 Å². The van der Waals surface area contributed by atoms with Gasteiger partial charge in [-0.1, -0.05) is 24.3 Å². The molecule has 4 rings (SSSR count).